The lowest BCUT2D eigenvalue weighted by molar-refractivity contribution is 1.17. The highest BCUT2D eigenvalue weighted by Gasteiger charge is 2.57. The summed E-state index contributed by atoms with van der Waals surface area (Å²) >= 11 is 0. The Bertz CT molecular complexity index is 3630. The molecule has 6 aliphatic rings. The molecule has 0 fully saturated rings. The summed E-state index contributed by atoms with van der Waals surface area (Å²) in [4.78, 5) is 15.6. The van der Waals surface area contributed by atoms with Gasteiger partial charge in [-0.05, 0) is 154 Å². The topological polar surface area (TPSA) is 19.4 Å². The fourth-order valence-electron chi connectivity index (χ4n) is 13.8. The quantitative estimate of drug-likeness (QED) is 0.154. The van der Waals surface area contributed by atoms with Crippen molar-refractivity contribution in [2.24, 2.45) is 0 Å². The second kappa shape index (κ2) is 14.9. The van der Waals surface area contributed by atoms with Gasteiger partial charge in [0.25, 0.3) is 13.4 Å². The first-order valence-electron chi connectivity index (χ1n) is 25.7. The van der Waals surface area contributed by atoms with Gasteiger partial charge in [-0.1, -0.05) is 133 Å². The maximum atomic E-state index is 2.63. The molecular weight excluding hydrogens is 898 g/mol. The van der Waals surface area contributed by atoms with E-state index in [1.165, 1.54) is 101 Å². The number of para-hydroxylation sites is 6. The lowest BCUT2D eigenvalue weighted by Crippen LogP contribution is -2.69. The zero-order valence-corrected chi connectivity index (χ0v) is 40.1. The minimum absolute atomic E-state index is 0.130. The van der Waals surface area contributed by atoms with E-state index >= 15 is 0 Å². The monoisotopic (exact) mass is 940 g/mol. The molecule has 0 radical (unpaired) electrons. The molecule has 0 unspecified atom stereocenters. The summed E-state index contributed by atoms with van der Waals surface area (Å²) in [5.74, 6) is 0. The number of fused-ring (bicyclic) bond motifs is 2. The standard InChI is InChI=1S/C66H42B2N6/c1-7-23-43(24-8-1)69-49-35-19-39-53-57(49)67-58-50(69)36-20-40-54(58)72(46-29-13-4-14-30-46)64-61(67)63(71(53)45-27-11-3-12-28-45)65-62-66(64)74(48-33-17-6-18-34-48)56-42-22-38-52-60(56)68(62)59-51(70(52)44-25-9-2-10-26-44)37-21-41-55(59)73(65)47-31-15-5-16-32-47/h1-42H. The fraction of sp³-hybridized carbons (Fsp3) is 0. The lowest BCUT2D eigenvalue weighted by atomic mass is 9.29. The van der Waals surface area contributed by atoms with Crippen molar-refractivity contribution in [1.29, 1.82) is 0 Å². The number of hydrogen-bond donors (Lipinski definition) is 0. The summed E-state index contributed by atoms with van der Waals surface area (Å²) in [7, 11) is 0. The Morgan fingerprint density at radius 3 is 0.541 bits per heavy atom. The molecule has 74 heavy (non-hydrogen) atoms. The smallest absolute Gasteiger partial charge is 0.257 e. The van der Waals surface area contributed by atoms with Crippen LogP contribution in [-0.2, 0) is 0 Å². The molecule has 0 aromatic heterocycles. The number of benzene rings is 11. The second-order valence-electron chi connectivity index (χ2n) is 20.0. The molecule has 6 aliphatic heterocycles. The third kappa shape index (κ3) is 5.11. The van der Waals surface area contributed by atoms with Gasteiger partial charge in [0.05, 0.1) is 22.7 Å². The minimum atomic E-state index is -0.130. The molecule has 11 aromatic carbocycles. The summed E-state index contributed by atoms with van der Waals surface area (Å²) < 4.78 is 0. The molecule has 342 valence electrons. The lowest BCUT2D eigenvalue weighted by Gasteiger charge is -2.55. The maximum absolute atomic E-state index is 2.63. The molecule has 0 saturated heterocycles. The van der Waals surface area contributed by atoms with Crippen LogP contribution in [0.25, 0.3) is 0 Å². The van der Waals surface area contributed by atoms with Crippen molar-refractivity contribution in [1.82, 2.24) is 0 Å². The molecule has 0 spiro atoms. The molecule has 6 heterocycles. The third-order valence-corrected chi connectivity index (χ3v) is 16.3. The van der Waals surface area contributed by atoms with E-state index < -0.39 is 0 Å². The number of nitrogens with zero attached hydrogens (tertiary/aromatic N) is 6. The van der Waals surface area contributed by atoms with Crippen LogP contribution in [0.4, 0.5) is 102 Å². The molecule has 0 saturated carbocycles. The van der Waals surface area contributed by atoms with E-state index in [9.17, 15) is 0 Å². The Labute approximate surface area is 430 Å². The largest absolute Gasteiger partial charge is 0.311 e. The van der Waals surface area contributed by atoms with Crippen LogP contribution in [0.1, 0.15) is 0 Å². The predicted molar refractivity (Wildman–Crippen MR) is 311 cm³/mol. The Morgan fingerprint density at radius 1 is 0.162 bits per heavy atom. The van der Waals surface area contributed by atoms with Gasteiger partial charge in [0, 0.05) is 79.6 Å². The minimum Gasteiger partial charge on any atom is -0.311 e. The van der Waals surface area contributed by atoms with Gasteiger partial charge in [0.15, 0.2) is 0 Å². The summed E-state index contributed by atoms with van der Waals surface area (Å²) in [6.45, 7) is -0.260. The van der Waals surface area contributed by atoms with Gasteiger partial charge in [0.2, 0.25) is 0 Å². The van der Waals surface area contributed by atoms with E-state index in [0.29, 0.717) is 0 Å². The SMILES string of the molecule is c1ccc(N2c3cccc4c3B3c5c2cccc5N(c2ccccc2)c2c3c(c3c5c2N(c2ccccc2)c2cccc6c2B5c2c(cccc2N3c2ccccc2)N6c2ccccc2)N4c2ccccc2)cc1. The fourth-order valence-corrected chi connectivity index (χ4v) is 13.8. The van der Waals surface area contributed by atoms with E-state index in [0.717, 1.165) is 34.1 Å². The second-order valence-corrected chi connectivity index (χ2v) is 20.0. The van der Waals surface area contributed by atoms with E-state index in [1.807, 2.05) is 0 Å². The molecule has 8 heteroatoms. The van der Waals surface area contributed by atoms with Gasteiger partial charge >= 0.3 is 0 Å². The molecule has 0 atom stereocenters. The summed E-state index contributed by atoms with van der Waals surface area (Å²) in [6.07, 6.45) is 0. The van der Waals surface area contributed by atoms with Crippen LogP contribution >= 0.6 is 0 Å². The van der Waals surface area contributed by atoms with E-state index in [4.69, 9.17) is 0 Å². The average molecular weight is 941 g/mol. The Kier molecular flexibility index (Phi) is 8.08. The van der Waals surface area contributed by atoms with Crippen LogP contribution in [0, 0.1) is 0 Å². The summed E-state index contributed by atoms with van der Waals surface area (Å²) in [6, 6.07) is 94.5. The van der Waals surface area contributed by atoms with Gasteiger partial charge in [-0.2, -0.15) is 0 Å². The highest BCUT2D eigenvalue weighted by molar-refractivity contribution is 7.06. The van der Waals surface area contributed by atoms with Crippen molar-refractivity contribution in [3.05, 3.63) is 255 Å². The van der Waals surface area contributed by atoms with Crippen molar-refractivity contribution >= 4 is 149 Å². The zero-order chi connectivity index (χ0) is 48.2. The average Bonchev–Trinajstić information content (AvgIpc) is 3.50. The first-order chi connectivity index (χ1) is 36.8. The van der Waals surface area contributed by atoms with Crippen LogP contribution in [0.3, 0.4) is 0 Å². The zero-order valence-electron chi connectivity index (χ0n) is 40.1. The van der Waals surface area contributed by atoms with Crippen LogP contribution in [0.5, 0.6) is 0 Å². The van der Waals surface area contributed by atoms with Crippen LogP contribution in [-0.4, -0.2) is 13.4 Å². The van der Waals surface area contributed by atoms with Gasteiger partial charge in [-0.15, -0.1) is 0 Å². The van der Waals surface area contributed by atoms with Crippen molar-refractivity contribution in [2.45, 2.75) is 0 Å². The van der Waals surface area contributed by atoms with Crippen LogP contribution in [0.15, 0.2) is 255 Å². The van der Waals surface area contributed by atoms with Gasteiger partial charge in [-0.3, -0.25) is 0 Å². The normalized spacial score (nSPS) is 14.3. The highest BCUT2D eigenvalue weighted by Crippen LogP contribution is 2.60. The summed E-state index contributed by atoms with van der Waals surface area (Å²) in [5.41, 5.74) is 28.9. The van der Waals surface area contributed by atoms with E-state index in [-0.39, 0.29) is 13.4 Å². The van der Waals surface area contributed by atoms with Crippen molar-refractivity contribution in [3.8, 4) is 0 Å². The molecule has 0 amide bonds. The maximum Gasteiger partial charge on any atom is 0.257 e. The number of rotatable bonds is 6. The molecule has 0 N–H and O–H groups in total. The molecule has 6 nitrogen and oxygen atoms in total. The summed E-state index contributed by atoms with van der Waals surface area (Å²) in [5, 5.41) is 0. The molecule has 0 aliphatic carbocycles. The first-order valence-corrected chi connectivity index (χ1v) is 25.7. The van der Waals surface area contributed by atoms with Crippen molar-refractivity contribution in [3.63, 3.8) is 0 Å². The Hall–Kier alpha value is -9.65. The van der Waals surface area contributed by atoms with Crippen LogP contribution in [0.2, 0.25) is 0 Å². The van der Waals surface area contributed by atoms with Gasteiger partial charge in [-0.25, -0.2) is 0 Å². The Morgan fingerprint density at radius 2 is 0.338 bits per heavy atom. The Balaban J connectivity index is 1.12. The third-order valence-electron chi connectivity index (χ3n) is 16.3. The van der Waals surface area contributed by atoms with Crippen molar-refractivity contribution < 1.29 is 0 Å². The number of anilines is 18. The molecular formula is C66H42B2N6. The van der Waals surface area contributed by atoms with E-state index in [2.05, 4.69) is 284 Å². The molecule has 0 bridgehead atoms. The van der Waals surface area contributed by atoms with Crippen LogP contribution < -0.4 is 62.2 Å². The molecule has 17 rings (SSSR count). The number of hydrogen-bond acceptors (Lipinski definition) is 6. The van der Waals surface area contributed by atoms with Gasteiger partial charge in [0.1, 0.15) is 0 Å². The first kappa shape index (κ1) is 40.0. The highest BCUT2D eigenvalue weighted by atomic mass is 15.3. The van der Waals surface area contributed by atoms with Crippen molar-refractivity contribution in [2.75, 3.05) is 29.4 Å². The van der Waals surface area contributed by atoms with E-state index in [1.54, 1.807) is 0 Å². The predicted octanol–water partition coefficient (Wildman–Crippen LogP) is 13.4. The van der Waals surface area contributed by atoms with Gasteiger partial charge < -0.3 is 29.4 Å². The molecule has 11 aromatic rings.